The highest BCUT2D eigenvalue weighted by molar-refractivity contribution is 6.31. The van der Waals surface area contributed by atoms with Crippen molar-refractivity contribution in [3.05, 3.63) is 28.8 Å². The lowest BCUT2D eigenvalue weighted by Crippen LogP contribution is -2.39. The van der Waals surface area contributed by atoms with Gasteiger partial charge in [-0.3, -0.25) is 4.79 Å². The lowest BCUT2D eigenvalue weighted by Gasteiger charge is -2.16. The molecule has 0 saturated heterocycles. The Morgan fingerprint density at radius 1 is 1.44 bits per heavy atom. The van der Waals surface area contributed by atoms with Crippen LogP contribution >= 0.6 is 11.6 Å². The largest absolute Gasteiger partial charge is 0.324 e. The summed E-state index contributed by atoms with van der Waals surface area (Å²) in [6.45, 7) is 5.68. The number of hydrogen-bond donors (Lipinski definition) is 2. The van der Waals surface area contributed by atoms with Crippen molar-refractivity contribution >= 4 is 23.2 Å². The summed E-state index contributed by atoms with van der Waals surface area (Å²) in [7, 11) is 0. The maximum Gasteiger partial charge on any atom is 0.241 e. The Morgan fingerprint density at radius 2 is 2.06 bits per heavy atom. The van der Waals surface area contributed by atoms with Crippen molar-refractivity contribution in [2.45, 2.75) is 26.8 Å². The summed E-state index contributed by atoms with van der Waals surface area (Å²) in [6.07, 6.45) is 0. The van der Waals surface area contributed by atoms with Crippen LogP contribution in [0.1, 0.15) is 19.4 Å². The normalized spacial score (nSPS) is 12.6. The van der Waals surface area contributed by atoms with Gasteiger partial charge in [0.25, 0.3) is 0 Å². The van der Waals surface area contributed by atoms with E-state index in [0.717, 1.165) is 5.56 Å². The molecule has 3 nitrogen and oxygen atoms in total. The summed E-state index contributed by atoms with van der Waals surface area (Å²) in [6, 6.07) is 4.89. The van der Waals surface area contributed by atoms with Crippen LogP contribution in [0.15, 0.2) is 18.2 Å². The third kappa shape index (κ3) is 2.97. The summed E-state index contributed by atoms with van der Waals surface area (Å²) >= 11 is 5.96. The molecule has 1 amide bonds. The minimum Gasteiger partial charge on any atom is -0.324 e. The van der Waals surface area contributed by atoms with Crippen molar-refractivity contribution in [2.24, 2.45) is 11.7 Å². The number of benzene rings is 1. The first-order valence-corrected chi connectivity index (χ1v) is 5.63. The fraction of sp³-hybridized carbons (Fsp3) is 0.417. The van der Waals surface area contributed by atoms with Gasteiger partial charge in [0.05, 0.1) is 6.04 Å². The van der Waals surface area contributed by atoms with Crippen molar-refractivity contribution in [1.29, 1.82) is 0 Å². The van der Waals surface area contributed by atoms with Crippen LogP contribution in [-0.4, -0.2) is 11.9 Å². The summed E-state index contributed by atoms with van der Waals surface area (Å²) in [5.41, 5.74) is 7.32. The highest BCUT2D eigenvalue weighted by Crippen LogP contribution is 2.23. The molecule has 0 bridgehead atoms. The molecule has 0 heterocycles. The Morgan fingerprint density at radius 3 is 2.62 bits per heavy atom. The van der Waals surface area contributed by atoms with Gasteiger partial charge in [0.15, 0.2) is 0 Å². The molecule has 4 heteroatoms. The number of amides is 1. The van der Waals surface area contributed by atoms with Crippen LogP contribution in [0.3, 0.4) is 0 Å². The van der Waals surface area contributed by atoms with Gasteiger partial charge in [0.2, 0.25) is 5.91 Å². The molecular formula is C12H17ClN2O. The molecule has 1 rings (SSSR count). The molecule has 0 saturated carbocycles. The smallest absolute Gasteiger partial charge is 0.241 e. The number of halogens is 1. The zero-order valence-corrected chi connectivity index (χ0v) is 10.5. The molecule has 1 aromatic carbocycles. The molecular weight excluding hydrogens is 224 g/mol. The van der Waals surface area contributed by atoms with Gasteiger partial charge in [-0.15, -0.1) is 0 Å². The van der Waals surface area contributed by atoms with Crippen molar-refractivity contribution in [3.8, 4) is 0 Å². The summed E-state index contributed by atoms with van der Waals surface area (Å²) < 4.78 is 0. The minimum absolute atomic E-state index is 0.111. The van der Waals surface area contributed by atoms with E-state index in [2.05, 4.69) is 5.32 Å². The average molecular weight is 241 g/mol. The van der Waals surface area contributed by atoms with E-state index >= 15 is 0 Å². The van der Waals surface area contributed by atoms with E-state index in [4.69, 9.17) is 17.3 Å². The fourth-order valence-electron chi connectivity index (χ4n) is 1.26. The topological polar surface area (TPSA) is 55.1 Å². The van der Waals surface area contributed by atoms with E-state index in [1.165, 1.54) is 0 Å². The summed E-state index contributed by atoms with van der Waals surface area (Å²) in [5.74, 6) is -0.0696. The lowest BCUT2D eigenvalue weighted by molar-refractivity contribution is -0.118. The fourth-order valence-corrected chi connectivity index (χ4v) is 1.44. The second-order valence-corrected chi connectivity index (χ2v) is 4.58. The Kier molecular flexibility index (Phi) is 4.33. The molecule has 1 atom stereocenters. The average Bonchev–Trinajstić information content (AvgIpc) is 2.23. The number of nitrogens with one attached hydrogen (secondary N) is 1. The van der Waals surface area contributed by atoms with Crippen molar-refractivity contribution < 1.29 is 4.79 Å². The number of anilines is 1. The first-order valence-electron chi connectivity index (χ1n) is 5.25. The van der Waals surface area contributed by atoms with Crippen LogP contribution < -0.4 is 11.1 Å². The Balaban J connectivity index is 2.81. The molecule has 1 aromatic rings. The Labute approximate surface area is 101 Å². The van der Waals surface area contributed by atoms with E-state index in [1.807, 2.05) is 26.8 Å². The highest BCUT2D eigenvalue weighted by atomic mass is 35.5. The van der Waals surface area contributed by atoms with Crippen LogP contribution in [0.2, 0.25) is 5.02 Å². The number of rotatable bonds is 3. The van der Waals surface area contributed by atoms with Crippen LogP contribution in [0.4, 0.5) is 5.69 Å². The van der Waals surface area contributed by atoms with Crippen molar-refractivity contribution in [3.63, 3.8) is 0 Å². The SMILES string of the molecule is Cc1c(Cl)cccc1NC(=O)[C@@H](N)C(C)C. The molecule has 0 aliphatic rings. The van der Waals surface area contributed by atoms with Gasteiger partial charge in [-0.1, -0.05) is 31.5 Å². The minimum atomic E-state index is -0.501. The molecule has 16 heavy (non-hydrogen) atoms. The van der Waals surface area contributed by atoms with Gasteiger partial charge in [-0.2, -0.15) is 0 Å². The standard InChI is InChI=1S/C12H17ClN2O/c1-7(2)11(14)12(16)15-10-6-4-5-9(13)8(10)3/h4-7,11H,14H2,1-3H3,(H,15,16)/t11-/m0/s1. The monoisotopic (exact) mass is 240 g/mol. The van der Waals surface area contributed by atoms with Gasteiger partial charge in [-0.25, -0.2) is 0 Å². The predicted octanol–water partition coefficient (Wildman–Crippen LogP) is 2.57. The quantitative estimate of drug-likeness (QED) is 0.853. The molecule has 0 aliphatic heterocycles. The van der Waals surface area contributed by atoms with Crippen molar-refractivity contribution in [2.75, 3.05) is 5.32 Å². The molecule has 0 fully saturated rings. The summed E-state index contributed by atoms with van der Waals surface area (Å²) in [5, 5.41) is 3.42. The van der Waals surface area contributed by atoms with Crippen LogP contribution in [0, 0.1) is 12.8 Å². The van der Waals surface area contributed by atoms with E-state index in [0.29, 0.717) is 10.7 Å². The molecule has 0 aromatic heterocycles. The second-order valence-electron chi connectivity index (χ2n) is 4.17. The number of carbonyl (C=O) groups excluding carboxylic acids is 1. The van der Waals surface area contributed by atoms with Crippen LogP contribution in [-0.2, 0) is 4.79 Å². The van der Waals surface area contributed by atoms with E-state index < -0.39 is 6.04 Å². The molecule has 3 N–H and O–H groups in total. The van der Waals surface area contributed by atoms with Gasteiger partial charge in [0, 0.05) is 10.7 Å². The van der Waals surface area contributed by atoms with E-state index in [9.17, 15) is 4.79 Å². The highest BCUT2D eigenvalue weighted by Gasteiger charge is 2.17. The summed E-state index contributed by atoms with van der Waals surface area (Å²) in [4.78, 5) is 11.7. The van der Waals surface area contributed by atoms with Gasteiger partial charge >= 0.3 is 0 Å². The third-order valence-corrected chi connectivity index (χ3v) is 2.96. The molecule has 88 valence electrons. The molecule has 0 spiro atoms. The van der Waals surface area contributed by atoms with Gasteiger partial charge < -0.3 is 11.1 Å². The Hall–Kier alpha value is -1.06. The zero-order valence-electron chi connectivity index (χ0n) is 9.75. The molecule has 0 unspecified atom stereocenters. The van der Waals surface area contributed by atoms with E-state index in [1.54, 1.807) is 12.1 Å². The second kappa shape index (κ2) is 5.32. The molecule has 0 radical (unpaired) electrons. The number of carbonyl (C=O) groups is 1. The Bertz CT molecular complexity index is 391. The van der Waals surface area contributed by atoms with Crippen LogP contribution in [0.25, 0.3) is 0 Å². The first-order chi connectivity index (χ1) is 7.43. The number of nitrogens with two attached hydrogens (primary N) is 1. The predicted molar refractivity (Wildman–Crippen MR) is 67.6 cm³/mol. The third-order valence-electron chi connectivity index (χ3n) is 2.55. The van der Waals surface area contributed by atoms with Gasteiger partial charge in [0.1, 0.15) is 0 Å². The van der Waals surface area contributed by atoms with Crippen LogP contribution in [0.5, 0.6) is 0 Å². The lowest BCUT2D eigenvalue weighted by atomic mass is 10.0. The maximum absolute atomic E-state index is 11.7. The maximum atomic E-state index is 11.7. The zero-order chi connectivity index (χ0) is 12.3. The number of hydrogen-bond acceptors (Lipinski definition) is 2. The molecule has 0 aliphatic carbocycles. The van der Waals surface area contributed by atoms with Crippen molar-refractivity contribution in [1.82, 2.24) is 0 Å². The van der Waals surface area contributed by atoms with E-state index in [-0.39, 0.29) is 11.8 Å². The van der Waals surface area contributed by atoms with Gasteiger partial charge in [-0.05, 0) is 30.5 Å². The first kappa shape index (κ1) is 13.0.